The largest absolute Gasteiger partial charge is 0.384 e. The van der Waals surface area contributed by atoms with Crippen LogP contribution in [0.5, 0.6) is 0 Å². The normalized spacial score (nSPS) is 10.1. The molecule has 98 valence electrons. The predicted molar refractivity (Wildman–Crippen MR) is 75.4 cm³/mol. The van der Waals surface area contributed by atoms with Gasteiger partial charge in [0.15, 0.2) is 0 Å². The molecule has 0 aliphatic carbocycles. The number of aliphatic hydroxyl groups excluding tert-OH is 1. The Morgan fingerprint density at radius 3 is 2.89 bits per heavy atom. The summed E-state index contributed by atoms with van der Waals surface area (Å²) in [5.74, 6) is 6.17. The SMILES string of the molecule is Cc1cc(=O)n(Cc2ccc(C#CCO)s2)c(C)n1. The van der Waals surface area contributed by atoms with Crippen LogP contribution < -0.4 is 5.56 Å². The van der Waals surface area contributed by atoms with Crippen LogP contribution in [0, 0.1) is 25.7 Å². The van der Waals surface area contributed by atoms with E-state index in [1.165, 1.54) is 17.4 Å². The van der Waals surface area contributed by atoms with Crippen molar-refractivity contribution in [3.8, 4) is 11.8 Å². The van der Waals surface area contributed by atoms with E-state index in [2.05, 4.69) is 16.8 Å². The minimum absolute atomic E-state index is 0.0404. The molecule has 0 amide bonds. The van der Waals surface area contributed by atoms with Crippen molar-refractivity contribution in [2.45, 2.75) is 20.4 Å². The van der Waals surface area contributed by atoms with Crippen LogP contribution in [0.1, 0.15) is 21.3 Å². The molecule has 0 aliphatic heterocycles. The van der Waals surface area contributed by atoms with Crippen molar-refractivity contribution >= 4 is 11.3 Å². The van der Waals surface area contributed by atoms with Gasteiger partial charge in [-0.25, -0.2) is 4.98 Å². The molecule has 0 atom stereocenters. The number of aryl methyl sites for hydroxylation is 2. The summed E-state index contributed by atoms with van der Waals surface area (Å²) in [6.45, 7) is 4.00. The van der Waals surface area contributed by atoms with Crippen LogP contribution in [-0.4, -0.2) is 21.3 Å². The molecule has 0 radical (unpaired) electrons. The summed E-state index contributed by atoms with van der Waals surface area (Å²) >= 11 is 1.52. The van der Waals surface area contributed by atoms with Gasteiger partial charge in [-0.2, -0.15) is 0 Å². The van der Waals surface area contributed by atoms with Crippen molar-refractivity contribution < 1.29 is 5.11 Å². The van der Waals surface area contributed by atoms with E-state index in [0.29, 0.717) is 12.4 Å². The van der Waals surface area contributed by atoms with Gasteiger partial charge >= 0.3 is 0 Å². The van der Waals surface area contributed by atoms with Gasteiger partial charge in [-0.15, -0.1) is 11.3 Å². The lowest BCUT2D eigenvalue weighted by Crippen LogP contribution is -2.23. The second-order valence-electron chi connectivity index (χ2n) is 4.09. The first-order valence-electron chi connectivity index (χ1n) is 5.83. The molecule has 0 saturated carbocycles. The zero-order chi connectivity index (χ0) is 13.8. The monoisotopic (exact) mass is 274 g/mol. The summed E-state index contributed by atoms with van der Waals surface area (Å²) in [6, 6.07) is 5.37. The van der Waals surface area contributed by atoms with Gasteiger partial charge in [0.05, 0.1) is 11.4 Å². The lowest BCUT2D eigenvalue weighted by atomic mass is 10.4. The lowest BCUT2D eigenvalue weighted by molar-refractivity contribution is 0.350. The number of hydrogen-bond donors (Lipinski definition) is 1. The Bertz CT molecular complexity index is 704. The van der Waals surface area contributed by atoms with Crippen LogP contribution in [0.3, 0.4) is 0 Å². The molecule has 0 bridgehead atoms. The number of thiophene rings is 1. The Morgan fingerprint density at radius 2 is 2.21 bits per heavy atom. The lowest BCUT2D eigenvalue weighted by Gasteiger charge is -2.07. The zero-order valence-electron chi connectivity index (χ0n) is 10.8. The fourth-order valence-corrected chi connectivity index (χ4v) is 2.64. The van der Waals surface area contributed by atoms with Crippen LogP contribution in [0.2, 0.25) is 0 Å². The molecule has 0 aromatic carbocycles. The van der Waals surface area contributed by atoms with Crippen LogP contribution in [0.4, 0.5) is 0 Å². The highest BCUT2D eigenvalue weighted by molar-refractivity contribution is 7.12. The van der Waals surface area contributed by atoms with Crippen molar-refractivity contribution in [2.75, 3.05) is 6.61 Å². The summed E-state index contributed by atoms with van der Waals surface area (Å²) in [5.41, 5.74) is 0.695. The maximum Gasteiger partial charge on any atom is 0.254 e. The number of nitrogens with zero attached hydrogens (tertiary/aromatic N) is 2. The summed E-state index contributed by atoms with van der Waals surface area (Å²) in [6.07, 6.45) is 0. The molecule has 1 N–H and O–H groups in total. The average Bonchev–Trinajstić information content (AvgIpc) is 2.79. The number of aromatic nitrogens is 2. The van der Waals surface area contributed by atoms with Gasteiger partial charge in [-0.3, -0.25) is 9.36 Å². The van der Waals surface area contributed by atoms with Crippen molar-refractivity contribution in [1.29, 1.82) is 0 Å². The third-order valence-corrected chi connectivity index (χ3v) is 3.58. The highest BCUT2D eigenvalue weighted by Crippen LogP contribution is 2.16. The molecule has 19 heavy (non-hydrogen) atoms. The van der Waals surface area contributed by atoms with E-state index in [0.717, 1.165) is 15.4 Å². The third kappa shape index (κ3) is 3.31. The van der Waals surface area contributed by atoms with E-state index in [-0.39, 0.29) is 12.2 Å². The fraction of sp³-hybridized carbons (Fsp3) is 0.286. The standard InChI is InChI=1S/C14H14N2O2S/c1-10-8-14(18)16(11(2)15-10)9-13-6-5-12(19-13)4-3-7-17/h5-6,8,17H,7,9H2,1-2H3. The molecule has 4 nitrogen and oxygen atoms in total. The summed E-state index contributed by atoms with van der Waals surface area (Å²) in [5, 5.41) is 8.65. The topological polar surface area (TPSA) is 55.1 Å². The van der Waals surface area contributed by atoms with Gasteiger partial charge < -0.3 is 5.11 Å². The smallest absolute Gasteiger partial charge is 0.254 e. The molecule has 2 rings (SSSR count). The van der Waals surface area contributed by atoms with Gasteiger partial charge in [0.2, 0.25) is 0 Å². The van der Waals surface area contributed by atoms with Gasteiger partial charge in [-0.05, 0) is 26.0 Å². The van der Waals surface area contributed by atoms with Crippen molar-refractivity contribution in [2.24, 2.45) is 0 Å². The molecule has 2 aromatic rings. The Labute approximate surface area is 115 Å². The first kappa shape index (κ1) is 13.5. The minimum atomic E-state index is -0.145. The highest BCUT2D eigenvalue weighted by Gasteiger charge is 2.05. The highest BCUT2D eigenvalue weighted by atomic mass is 32.1. The van der Waals surface area contributed by atoms with Crippen LogP contribution in [0.25, 0.3) is 0 Å². The van der Waals surface area contributed by atoms with E-state index in [4.69, 9.17) is 5.11 Å². The van der Waals surface area contributed by atoms with Crippen LogP contribution in [-0.2, 0) is 6.54 Å². The predicted octanol–water partition coefficient (Wildman–Crippen LogP) is 1.31. The molecular formula is C14H14N2O2S. The Hall–Kier alpha value is -1.90. The van der Waals surface area contributed by atoms with Crippen LogP contribution in [0.15, 0.2) is 23.0 Å². The minimum Gasteiger partial charge on any atom is -0.384 e. The molecule has 2 heterocycles. The van der Waals surface area contributed by atoms with Gasteiger partial charge in [0, 0.05) is 16.6 Å². The van der Waals surface area contributed by atoms with E-state index < -0.39 is 0 Å². The maximum absolute atomic E-state index is 11.9. The number of aliphatic hydroxyl groups is 1. The van der Waals surface area contributed by atoms with Crippen LogP contribution >= 0.6 is 11.3 Å². The molecule has 2 aromatic heterocycles. The third-order valence-electron chi connectivity index (χ3n) is 2.59. The molecule has 0 saturated heterocycles. The number of rotatable bonds is 2. The molecule has 0 spiro atoms. The average molecular weight is 274 g/mol. The summed E-state index contributed by atoms with van der Waals surface area (Å²) in [4.78, 5) is 18.1. The van der Waals surface area contributed by atoms with E-state index in [9.17, 15) is 4.79 Å². The van der Waals surface area contributed by atoms with Crippen molar-refractivity contribution in [1.82, 2.24) is 9.55 Å². The Kier molecular flexibility index (Phi) is 4.15. The first-order chi connectivity index (χ1) is 9.10. The molecule has 0 aliphatic rings. The van der Waals surface area contributed by atoms with Gasteiger partial charge in [0.1, 0.15) is 12.4 Å². The molecular weight excluding hydrogens is 260 g/mol. The zero-order valence-corrected chi connectivity index (χ0v) is 11.6. The van der Waals surface area contributed by atoms with Gasteiger partial charge in [0.25, 0.3) is 5.56 Å². The second-order valence-corrected chi connectivity index (χ2v) is 5.26. The summed E-state index contributed by atoms with van der Waals surface area (Å²) < 4.78 is 1.64. The maximum atomic E-state index is 11.9. The van der Waals surface area contributed by atoms with Gasteiger partial charge in [-0.1, -0.05) is 11.8 Å². The summed E-state index contributed by atoms with van der Waals surface area (Å²) in [7, 11) is 0. The van der Waals surface area contributed by atoms with E-state index in [1.54, 1.807) is 4.57 Å². The second kappa shape index (κ2) is 5.83. The fourth-order valence-electron chi connectivity index (χ4n) is 1.77. The number of hydrogen-bond acceptors (Lipinski definition) is 4. The first-order valence-corrected chi connectivity index (χ1v) is 6.65. The molecule has 5 heteroatoms. The van der Waals surface area contributed by atoms with E-state index in [1.807, 2.05) is 26.0 Å². The van der Waals surface area contributed by atoms with Crippen molar-refractivity contribution in [3.63, 3.8) is 0 Å². The van der Waals surface area contributed by atoms with E-state index >= 15 is 0 Å². The molecule has 0 unspecified atom stereocenters. The van der Waals surface area contributed by atoms with Crippen molar-refractivity contribution in [3.05, 3.63) is 49.8 Å². The Balaban J connectivity index is 2.27. The quantitative estimate of drug-likeness (QED) is 0.840. The Morgan fingerprint density at radius 1 is 1.42 bits per heavy atom. The molecule has 0 fully saturated rings.